The molecule has 0 N–H and O–H groups in total. The summed E-state index contributed by atoms with van der Waals surface area (Å²) in [5.74, 6) is 0.0403. The first-order valence-corrected chi connectivity index (χ1v) is 8.00. The number of aryl methyl sites for hydroxylation is 1. The van der Waals surface area contributed by atoms with Gasteiger partial charge in [-0.3, -0.25) is 9.36 Å². The fraction of sp³-hybridized carbons (Fsp3) is 0.250. The SMILES string of the molecule is CCCCCc1cn(C(=O)c2ccccc2)c2ccccc12. The number of para-hydroxylation sites is 1. The summed E-state index contributed by atoms with van der Waals surface area (Å²) >= 11 is 0. The average molecular weight is 291 g/mol. The number of benzene rings is 2. The van der Waals surface area contributed by atoms with Gasteiger partial charge in [-0.2, -0.15) is 0 Å². The standard InChI is InChI=1S/C20H21NO/c1-2-3-5-12-17-15-21(19-14-9-8-13-18(17)19)20(22)16-10-6-4-7-11-16/h4,6-11,13-15H,2-3,5,12H2,1H3. The lowest BCUT2D eigenvalue weighted by Crippen LogP contribution is -2.10. The quantitative estimate of drug-likeness (QED) is 0.602. The van der Waals surface area contributed by atoms with E-state index >= 15 is 0 Å². The second-order valence-corrected chi connectivity index (χ2v) is 5.67. The van der Waals surface area contributed by atoms with Gasteiger partial charge in [-0.15, -0.1) is 0 Å². The first kappa shape index (κ1) is 14.6. The van der Waals surface area contributed by atoms with Crippen LogP contribution in [-0.2, 0) is 6.42 Å². The third-order valence-corrected chi connectivity index (χ3v) is 4.08. The highest BCUT2D eigenvalue weighted by Gasteiger charge is 2.14. The molecule has 0 aliphatic rings. The lowest BCUT2D eigenvalue weighted by molar-refractivity contribution is 0.0965. The summed E-state index contributed by atoms with van der Waals surface area (Å²) in [6.07, 6.45) is 6.66. The first-order valence-electron chi connectivity index (χ1n) is 8.00. The Morgan fingerprint density at radius 1 is 0.955 bits per heavy atom. The summed E-state index contributed by atoms with van der Waals surface area (Å²) in [7, 11) is 0. The second-order valence-electron chi connectivity index (χ2n) is 5.67. The van der Waals surface area contributed by atoms with E-state index in [1.165, 1.54) is 30.2 Å². The smallest absolute Gasteiger partial charge is 0.262 e. The Morgan fingerprint density at radius 3 is 2.45 bits per heavy atom. The fourth-order valence-electron chi connectivity index (χ4n) is 2.90. The van der Waals surface area contributed by atoms with Gasteiger partial charge < -0.3 is 0 Å². The van der Waals surface area contributed by atoms with E-state index in [9.17, 15) is 4.79 Å². The molecular formula is C20H21NO. The maximum atomic E-state index is 12.8. The predicted molar refractivity (Wildman–Crippen MR) is 91.3 cm³/mol. The highest BCUT2D eigenvalue weighted by atomic mass is 16.2. The Bertz CT molecular complexity index is 771. The van der Waals surface area contributed by atoms with Crippen LogP contribution in [0.2, 0.25) is 0 Å². The fourth-order valence-corrected chi connectivity index (χ4v) is 2.90. The molecule has 2 heteroatoms. The molecule has 0 aliphatic carbocycles. The van der Waals surface area contributed by atoms with Crippen molar-refractivity contribution in [1.29, 1.82) is 0 Å². The summed E-state index contributed by atoms with van der Waals surface area (Å²) in [6.45, 7) is 2.21. The minimum atomic E-state index is 0.0403. The number of hydrogen-bond donors (Lipinski definition) is 0. The molecule has 0 radical (unpaired) electrons. The van der Waals surface area contributed by atoms with Crippen LogP contribution in [0.4, 0.5) is 0 Å². The molecule has 0 saturated heterocycles. The van der Waals surface area contributed by atoms with Gasteiger partial charge in [0.2, 0.25) is 0 Å². The van der Waals surface area contributed by atoms with Crippen LogP contribution in [-0.4, -0.2) is 10.5 Å². The maximum absolute atomic E-state index is 12.8. The molecule has 0 atom stereocenters. The van der Waals surface area contributed by atoms with Gasteiger partial charge in [0.1, 0.15) is 0 Å². The first-order chi connectivity index (χ1) is 10.8. The zero-order valence-electron chi connectivity index (χ0n) is 13.0. The Labute approximate surface area is 131 Å². The molecule has 0 unspecified atom stereocenters. The van der Waals surface area contributed by atoms with Gasteiger partial charge in [-0.1, -0.05) is 56.2 Å². The normalized spacial score (nSPS) is 11.0. The van der Waals surface area contributed by atoms with Gasteiger partial charge >= 0.3 is 0 Å². The largest absolute Gasteiger partial charge is 0.283 e. The van der Waals surface area contributed by atoms with Crippen molar-refractivity contribution in [3.05, 3.63) is 71.9 Å². The number of carbonyl (C=O) groups is 1. The monoisotopic (exact) mass is 291 g/mol. The summed E-state index contributed by atoms with van der Waals surface area (Å²) < 4.78 is 1.80. The van der Waals surface area contributed by atoms with Gasteiger partial charge in [0, 0.05) is 17.1 Å². The third kappa shape index (κ3) is 2.82. The van der Waals surface area contributed by atoms with Gasteiger partial charge in [0.25, 0.3) is 5.91 Å². The van der Waals surface area contributed by atoms with Gasteiger partial charge in [-0.05, 0) is 36.6 Å². The zero-order valence-corrected chi connectivity index (χ0v) is 13.0. The van der Waals surface area contributed by atoms with Gasteiger partial charge in [0.05, 0.1) is 5.52 Å². The summed E-state index contributed by atoms with van der Waals surface area (Å²) in [4.78, 5) is 12.8. The Kier molecular flexibility index (Phi) is 4.38. The van der Waals surface area contributed by atoms with Crippen molar-refractivity contribution >= 4 is 16.8 Å². The number of nitrogens with zero attached hydrogens (tertiary/aromatic N) is 1. The van der Waals surface area contributed by atoms with E-state index in [0.29, 0.717) is 0 Å². The molecule has 0 amide bonds. The third-order valence-electron chi connectivity index (χ3n) is 4.08. The minimum Gasteiger partial charge on any atom is -0.283 e. The molecule has 0 saturated carbocycles. The van der Waals surface area contributed by atoms with Crippen LogP contribution in [0.3, 0.4) is 0 Å². The molecule has 0 aliphatic heterocycles. The molecule has 112 valence electrons. The van der Waals surface area contributed by atoms with E-state index in [0.717, 1.165) is 17.5 Å². The van der Waals surface area contributed by atoms with Crippen LogP contribution in [0.25, 0.3) is 10.9 Å². The van der Waals surface area contributed by atoms with Crippen molar-refractivity contribution in [3.63, 3.8) is 0 Å². The van der Waals surface area contributed by atoms with Crippen LogP contribution in [0.5, 0.6) is 0 Å². The van der Waals surface area contributed by atoms with Crippen molar-refractivity contribution in [2.75, 3.05) is 0 Å². The van der Waals surface area contributed by atoms with Crippen LogP contribution in [0.1, 0.15) is 42.1 Å². The Balaban J connectivity index is 2.01. The molecule has 22 heavy (non-hydrogen) atoms. The van der Waals surface area contributed by atoms with Gasteiger partial charge in [0.15, 0.2) is 0 Å². The lowest BCUT2D eigenvalue weighted by atomic mass is 10.1. The van der Waals surface area contributed by atoms with Crippen molar-refractivity contribution in [1.82, 2.24) is 4.57 Å². The maximum Gasteiger partial charge on any atom is 0.262 e. The van der Waals surface area contributed by atoms with Crippen LogP contribution in [0.15, 0.2) is 60.8 Å². The number of unbranched alkanes of at least 4 members (excludes halogenated alkanes) is 2. The molecule has 1 aromatic heterocycles. The minimum absolute atomic E-state index is 0.0403. The molecular weight excluding hydrogens is 270 g/mol. The number of rotatable bonds is 5. The topological polar surface area (TPSA) is 22.0 Å². The molecule has 2 aromatic carbocycles. The van der Waals surface area contributed by atoms with Crippen LogP contribution in [0, 0.1) is 0 Å². The predicted octanol–water partition coefficient (Wildman–Crippen LogP) is 5.06. The summed E-state index contributed by atoms with van der Waals surface area (Å²) in [6, 6.07) is 17.7. The molecule has 3 aromatic rings. The molecule has 3 rings (SSSR count). The van der Waals surface area contributed by atoms with Crippen LogP contribution >= 0.6 is 0 Å². The molecule has 0 fully saturated rings. The number of hydrogen-bond acceptors (Lipinski definition) is 1. The number of aromatic nitrogens is 1. The Morgan fingerprint density at radius 2 is 1.68 bits per heavy atom. The summed E-state index contributed by atoms with van der Waals surface area (Å²) in [5.41, 5.74) is 3.00. The zero-order chi connectivity index (χ0) is 15.4. The second kappa shape index (κ2) is 6.61. The lowest BCUT2D eigenvalue weighted by Gasteiger charge is -2.03. The van der Waals surface area contributed by atoms with Gasteiger partial charge in [-0.25, -0.2) is 0 Å². The molecule has 1 heterocycles. The Hall–Kier alpha value is -2.35. The molecule has 0 spiro atoms. The van der Waals surface area contributed by atoms with Crippen molar-refractivity contribution in [2.24, 2.45) is 0 Å². The molecule has 0 bridgehead atoms. The highest BCUT2D eigenvalue weighted by Crippen LogP contribution is 2.24. The average Bonchev–Trinajstić information content (AvgIpc) is 2.94. The number of fused-ring (bicyclic) bond motifs is 1. The highest BCUT2D eigenvalue weighted by molar-refractivity contribution is 6.02. The van der Waals surface area contributed by atoms with E-state index < -0.39 is 0 Å². The van der Waals surface area contributed by atoms with Crippen LogP contribution < -0.4 is 0 Å². The molecule has 2 nitrogen and oxygen atoms in total. The van der Waals surface area contributed by atoms with Crippen molar-refractivity contribution in [2.45, 2.75) is 32.6 Å². The van der Waals surface area contributed by atoms with E-state index in [4.69, 9.17) is 0 Å². The van der Waals surface area contributed by atoms with E-state index in [1.54, 1.807) is 4.57 Å². The summed E-state index contributed by atoms with van der Waals surface area (Å²) in [5, 5.41) is 1.20. The number of carbonyl (C=O) groups excluding carboxylic acids is 1. The van der Waals surface area contributed by atoms with E-state index in [-0.39, 0.29) is 5.91 Å². The van der Waals surface area contributed by atoms with Crippen molar-refractivity contribution < 1.29 is 4.79 Å². The van der Waals surface area contributed by atoms with Crippen molar-refractivity contribution in [3.8, 4) is 0 Å². The van der Waals surface area contributed by atoms with E-state index in [2.05, 4.69) is 13.0 Å². The van der Waals surface area contributed by atoms with E-state index in [1.807, 2.05) is 54.7 Å².